The van der Waals surface area contributed by atoms with Crippen molar-refractivity contribution < 1.29 is 8.42 Å². The van der Waals surface area contributed by atoms with Crippen LogP contribution in [0.25, 0.3) is 0 Å². The van der Waals surface area contributed by atoms with Crippen LogP contribution in [-0.2, 0) is 10.0 Å². The number of sulfonamides is 1. The molecular formula is C6H12INO2S. The lowest BCUT2D eigenvalue weighted by Gasteiger charge is -2.02. The predicted octanol–water partition coefficient (Wildman–Crippen LogP) is 0.751. The van der Waals surface area contributed by atoms with E-state index in [0.717, 1.165) is 17.3 Å². The molecule has 0 aromatic carbocycles. The molecule has 0 spiro atoms. The van der Waals surface area contributed by atoms with Crippen LogP contribution in [0, 0.1) is 5.92 Å². The van der Waals surface area contributed by atoms with Gasteiger partial charge in [-0.15, -0.1) is 0 Å². The molecule has 0 heterocycles. The molecule has 1 aliphatic rings. The topological polar surface area (TPSA) is 46.2 Å². The third kappa shape index (κ3) is 4.27. The van der Waals surface area contributed by atoms with Gasteiger partial charge in [0.25, 0.3) is 0 Å². The minimum absolute atomic E-state index is 0.337. The van der Waals surface area contributed by atoms with Crippen LogP contribution in [0.5, 0.6) is 0 Å². The SMILES string of the molecule is O=S(=O)(CC1CC1)NCCI. The van der Waals surface area contributed by atoms with Crippen LogP contribution in [0.2, 0.25) is 0 Å². The Morgan fingerprint density at radius 2 is 2.09 bits per heavy atom. The van der Waals surface area contributed by atoms with Crippen molar-refractivity contribution in [1.29, 1.82) is 0 Å². The molecule has 1 saturated carbocycles. The fraction of sp³-hybridized carbons (Fsp3) is 1.00. The summed E-state index contributed by atoms with van der Waals surface area (Å²) in [6.45, 7) is 0.565. The Kier molecular flexibility index (Phi) is 3.57. The Labute approximate surface area is 81.1 Å². The van der Waals surface area contributed by atoms with E-state index in [-0.39, 0.29) is 0 Å². The largest absolute Gasteiger partial charge is 0.214 e. The molecule has 11 heavy (non-hydrogen) atoms. The van der Waals surface area contributed by atoms with E-state index < -0.39 is 10.0 Å². The van der Waals surface area contributed by atoms with E-state index in [1.54, 1.807) is 0 Å². The van der Waals surface area contributed by atoms with Crippen molar-refractivity contribution in [2.45, 2.75) is 12.8 Å². The molecule has 0 saturated heterocycles. The van der Waals surface area contributed by atoms with Gasteiger partial charge in [0, 0.05) is 11.0 Å². The first-order valence-corrected chi connectivity index (χ1v) is 6.85. The van der Waals surface area contributed by atoms with Crippen LogP contribution in [0.4, 0.5) is 0 Å². The molecule has 0 unspecified atom stereocenters. The number of rotatable bonds is 5. The van der Waals surface area contributed by atoms with Gasteiger partial charge in [-0.2, -0.15) is 0 Å². The molecule has 0 radical (unpaired) electrons. The van der Waals surface area contributed by atoms with Gasteiger partial charge in [-0.3, -0.25) is 0 Å². The monoisotopic (exact) mass is 289 g/mol. The van der Waals surface area contributed by atoms with Crippen molar-refractivity contribution in [3.63, 3.8) is 0 Å². The summed E-state index contributed by atoms with van der Waals surface area (Å²) in [5.74, 6) is 0.783. The van der Waals surface area contributed by atoms with E-state index in [2.05, 4.69) is 27.3 Å². The average molecular weight is 289 g/mol. The Balaban J connectivity index is 2.26. The number of hydrogen-bond acceptors (Lipinski definition) is 2. The van der Waals surface area contributed by atoms with Gasteiger partial charge in [-0.1, -0.05) is 22.6 Å². The van der Waals surface area contributed by atoms with E-state index >= 15 is 0 Å². The van der Waals surface area contributed by atoms with E-state index in [0.29, 0.717) is 18.2 Å². The number of nitrogens with one attached hydrogen (secondary N) is 1. The first kappa shape index (κ1) is 9.73. The Bertz CT molecular complexity index is 211. The van der Waals surface area contributed by atoms with Crippen molar-refractivity contribution in [1.82, 2.24) is 4.72 Å². The van der Waals surface area contributed by atoms with Gasteiger partial charge >= 0.3 is 0 Å². The van der Waals surface area contributed by atoms with Gasteiger partial charge in [0.1, 0.15) is 0 Å². The Hall–Kier alpha value is 0.640. The van der Waals surface area contributed by atoms with Crippen LogP contribution in [0.1, 0.15) is 12.8 Å². The molecule has 1 aliphatic carbocycles. The highest BCUT2D eigenvalue weighted by Gasteiger charge is 2.27. The maximum Gasteiger partial charge on any atom is 0.211 e. The van der Waals surface area contributed by atoms with E-state index in [1.165, 1.54) is 0 Å². The third-order valence-electron chi connectivity index (χ3n) is 1.57. The van der Waals surface area contributed by atoms with Crippen LogP contribution in [0.15, 0.2) is 0 Å². The van der Waals surface area contributed by atoms with Crippen LogP contribution in [-0.4, -0.2) is 25.1 Å². The zero-order valence-electron chi connectivity index (χ0n) is 6.22. The molecule has 3 nitrogen and oxygen atoms in total. The van der Waals surface area contributed by atoms with Crippen LogP contribution in [0.3, 0.4) is 0 Å². The fourth-order valence-electron chi connectivity index (χ4n) is 0.848. The molecule has 0 aliphatic heterocycles. The van der Waals surface area contributed by atoms with Crippen LogP contribution >= 0.6 is 22.6 Å². The summed E-state index contributed by atoms with van der Waals surface area (Å²) in [5, 5.41) is 0. The van der Waals surface area contributed by atoms with Crippen LogP contribution < -0.4 is 4.72 Å². The third-order valence-corrected chi connectivity index (χ3v) is 3.66. The number of hydrogen-bond donors (Lipinski definition) is 1. The minimum atomic E-state index is -2.94. The second-order valence-electron chi connectivity index (χ2n) is 2.81. The lowest BCUT2D eigenvalue weighted by Crippen LogP contribution is -2.28. The van der Waals surface area contributed by atoms with Crippen molar-refractivity contribution in [2.75, 3.05) is 16.7 Å². The molecule has 5 heteroatoms. The van der Waals surface area contributed by atoms with Gasteiger partial charge in [-0.05, 0) is 18.8 Å². The van der Waals surface area contributed by atoms with Crippen molar-refractivity contribution in [3.05, 3.63) is 0 Å². The molecular weight excluding hydrogens is 277 g/mol. The maximum absolute atomic E-state index is 11.1. The highest BCUT2D eigenvalue weighted by atomic mass is 127. The summed E-state index contributed by atoms with van der Waals surface area (Å²) in [5.41, 5.74) is 0. The average Bonchev–Trinajstić information content (AvgIpc) is 2.67. The molecule has 0 atom stereocenters. The molecule has 1 N–H and O–H groups in total. The molecule has 0 aromatic rings. The van der Waals surface area contributed by atoms with Gasteiger partial charge < -0.3 is 0 Å². The quantitative estimate of drug-likeness (QED) is 0.600. The second-order valence-corrected chi connectivity index (χ2v) is 5.74. The zero-order chi connectivity index (χ0) is 8.32. The normalized spacial score (nSPS) is 18.6. The molecule has 66 valence electrons. The highest BCUT2D eigenvalue weighted by molar-refractivity contribution is 14.1. The highest BCUT2D eigenvalue weighted by Crippen LogP contribution is 2.29. The molecule has 0 aromatic heterocycles. The lowest BCUT2D eigenvalue weighted by molar-refractivity contribution is 0.580. The first-order valence-electron chi connectivity index (χ1n) is 3.67. The maximum atomic E-state index is 11.1. The lowest BCUT2D eigenvalue weighted by atomic mass is 10.5. The summed E-state index contributed by atoms with van der Waals surface area (Å²) in [7, 11) is -2.94. The van der Waals surface area contributed by atoms with Crippen molar-refractivity contribution in [3.8, 4) is 0 Å². The van der Waals surface area contributed by atoms with Gasteiger partial charge in [0.05, 0.1) is 5.75 Å². The fourth-order valence-corrected chi connectivity index (χ4v) is 2.97. The second kappa shape index (κ2) is 4.04. The molecule has 1 rings (SSSR count). The van der Waals surface area contributed by atoms with Gasteiger partial charge in [-0.25, -0.2) is 13.1 Å². The standard InChI is InChI=1S/C6H12INO2S/c7-3-4-8-11(9,10)5-6-1-2-6/h6,8H,1-5H2. The first-order chi connectivity index (χ1) is 5.14. The summed E-state index contributed by atoms with van der Waals surface area (Å²) in [4.78, 5) is 0. The number of halogens is 1. The summed E-state index contributed by atoms with van der Waals surface area (Å²) in [6.07, 6.45) is 2.18. The molecule has 0 amide bonds. The van der Waals surface area contributed by atoms with E-state index in [9.17, 15) is 8.42 Å². The predicted molar refractivity (Wildman–Crippen MR) is 53.4 cm³/mol. The van der Waals surface area contributed by atoms with Gasteiger partial charge in [0.15, 0.2) is 0 Å². The number of alkyl halides is 1. The molecule has 0 bridgehead atoms. The summed E-state index contributed by atoms with van der Waals surface area (Å²) < 4.78 is 25.6. The van der Waals surface area contributed by atoms with Crippen molar-refractivity contribution >= 4 is 32.6 Å². The Morgan fingerprint density at radius 1 is 1.45 bits per heavy atom. The molecule has 1 fully saturated rings. The minimum Gasteiger partial charge on any atom is -0.214 e. The zero-order valence-corrected chi connectivity index (χ0v) is 9.19. The smallest absolute Gasteiger partial charge is 0.211 e. The van der Waals surface area contributed by atoms with E-state index in [4.69, 9.17) is 0 Å². The van der Waals surface area contributed by atoms with Crippen molar-refractivity contribution in [2.24, 2.45) is 5.92 Å². The van der Waals surface area contributed by atoms with E-state index in [1.807, 2.05) is 0 Å². The summed E-state index contributed by atoms with van der Waals surface area (Å²) >= 11 is 2.15. The Morgan fingerprint density at radius 3 is 2.55 bits per heavy atom. The van der Waals surface area contributed by atoms with Gasteiger partial charge in [0.2, 0.25) is 10.0 Å². The summed E-state index contributed by atoms with van der Waals surface area (Å²) in [6, 6.07) is 0.